The van der Waals surface area contributed by atoms with E-state index in [-0.39, 0.29) is 13.0 Å². The van der Waals surface area contributed by atoms with Crippen LogP contribution >= 0.6 is 0 Å². The van der Waals surface area contributed by atoms with Gasteiger partial charge in [0.25, 0.3) is 0 Å². The molecule has 0 fully saturated rings. The molecule has 126 valence electrons. The molecule has 0 aromatic heterocycles. The Morgan fingerprint density at radius 2 is 1.08 bits per heavy atom. The van der Waals surface area contributed by atoms with Crippen molar-refractivity contribution >= 4 is 5.97 Å². The Bertz CT molecular complexity index is 702. The Balaban J connectivity index is 2.18. The average molecular weight is 332 g/mol. The number of ether oxygens (including phenoxy) is 1. The lowest BCUT2D eigenvalue weighted by molar-refractivity contribution is -0.139. The van der Waals surface area contributed by atoms with Gasteiger partial charge in [-0.3, -0.25) is 4.79 Å². The molecule has 0 heterocycles. The number of carboxylic acids is 1. The summed E-state index contributed by atoms with van der Waals surface area (Å²) >= 11 is 0. The zero-order valence-electron chi connectivity index (χ0n) is 13.8. The van der Waals surface area contributed by atoms with Crippen molar-refractivity contribution in [3.8, 4) is 0 Å². The van der Waals surface area contributed by atoms with Crippen LogP contribution in [0.1, 0.15) is 23.1 Å². The molecule has 0 unspecified atom stereocenters. The van der Waals surface area contributed by atoms with Crippen LogP contribution in [-0.4, -0.2) is 17.7 Å². The van der Waals surface area contributed by atoms with Gasteiger partial charge in [-0.15, -0.1) is 0 Å². The summed E-state index contributed by atoms with van der Waals surface area (Å²) in [6.07, 6.45) is -0.0474. The van der Waals surface area contributed by atoms with E-state index in [2.05, 4.69) is 0 Å². The first-order chi connectivity index (χ1) is 12.2. The fourth-order valence-corrected chi connectivity index (χ4v) is 3.06. The molecule has 3 heteroatoms. The van der Waals surface area contributed by atoms with Crippen LogP contribution in [0.25, 0.3) is 0 Å². The minimum absolute atomic E-state index is 0.0474. The molecule has 3 aromatic carbocycles. The summed E-state index contributed by atoms with van der Waals surface area (Å²) in [6.45, 7) is 0.119. The molecule has 0 atom stereocenters. The summed E-state index contributed by atoms with van der Waals surface area (Å²) < 4.78 is 6.32. The van der Waals surface area contributed by atoms with Gasteiger partial charge in [-0.25, -0.2) is 0 Å². The summed E-state index contributed by atoms with van der Waals surface area (Å²) in [5, 5.41) is 9.04. The minimum Gasteiger partial charge on any atom is -0.481 e. The third-order valence-electron chi connectivity index (χ3n) is 4.18. The molecular weight excluding hydrogens is 312 g/mol. The highest BCUT2D eigenvalue weighted by molar-refractivity contribution is 5.66. The van der Waals surface area contributed by atoms with E-state index in [0.29, 0.717) is 0 Å². The van der Waals surface area contributed by atoms with Crippen molar-refractivity contribution in [2.24, 2.45) is 0 Å². The van der Waals surface area contributed by atoms with Crippen LogP contribution in [0.3, 0.4) is 0 Å². The molecular formula is C22H20O3. The second-order valence-corrected chi connectivity index (χ2v) is 5.77. The van der Waals surface area contributed by atoms with E-state index in [0.717, 1.165) is 16.7 Å². The Kier molecular flexibility index (Phi) is 5.26. The van der Waals surface area contributed by atoms with Gasteiger partial charge in [-0.1, -0.05) is 91.0 Å². The van der Waals surface area contributed by atoms with Crippen LogP contribution in [0.2, 0.25) is 0 Å². The smallest absolute Gasteiger partial charge is 0.305 e. The molecule has 0 saturated carbocycles. The minimum atomic E-state index is -0.872. The summed E-state index contributed by atoms with van der Waals surface area (Å²) in [5.41, 5.74) is 2.06. The van der Waals surface area contributed by atoms with Gasteiger partial charge in [-0.05, 0) is 16.7 Å². The van der Waals surface area contributed by atoms with E-state index in [9.17, 15) is 4.79 Å². The summed E-state index contributed by atoms with van der Waals surface area (Å²) in [4.78, 5) is 11.0. The van der Waals surface area contributed by atoms with Gasteiger partial charge in [0.2, 0.25) is 0 Å². The van der Waals surface area contributed by atoms with E-state index >= 15 is 0 Å². The van der Waals surface area contributed by atoms with Crippen LogP contribution in [0.15, 0.2) is 91.0 Å². The topological polar surface area (TPSA) is 46.5 Å². The molecule has 1 N–H and O–H groups in total. The lowest BCUT2D eigenvalue weighted by atomic mass is 9.80. The number of hydrogen-bond acceptors (Lipinski definition) is 2. The maximum atomic E-state index is 11.0. The Morgan fingerprint density at radius 3 is 1.40 bits per heavy atom. The Hall–Kier alpha value is -2.91. The Labute approximate surface area is 147 Å². The number of aliphatic carboxylic acids is 1. The van der Waals surface area contributed by atoms with Gasteiger partial charge < -0.3 is 9.84 Å². The highest BCUT2D eigenvalue weighted by atomic mass is 16.5. The molecule has 0 amide bonds. The molecule has 0 bridgehead atoms. The van der Waals surface area contributed by atoms with Gasteiger partial charge >= 0.3 is 5.97 Å². The fraction of sp³-hybridized carbons (Fsp3) is 0.136. The Morgan fingerprint density at radius 1 is 0.720 bits per heavy atom. The third-order valence-corrected chi connectivity index (χ3v) is 4.18. The van der Waals surface area contributed by atoms with Crippen molar-refractivity contribution in [2.45, 2.75) is 12.0 Å². The predicted octanol–water partition coefficient (Wildman–Crippen LogP) is 4.47. The molecule has 0 aliphatic rings. The third kappa shape index (κ3) is 3.62. The molecule has 3 nitrogen and oxygen atoms in total. The quantitative estimate of drug-likeness (QED) is 0.649. The molecule has 0 aliphatic heterocycles. The molecule has 25 heavy (non-hydrogen) atoms. The zero-order valence-corrected chi connectivity index (χ0v) is 13.8. The SMILES string of the molecule is O=C(O)CCOC(c1ccccc1)(c1ccccc1)c1ccccc1. The van der Waals surface area contributed by atoms with Gasteiger partial charge in [-0.2, -0.15) is 0 Å². The fourth-order valence-electron chi connectivity index (χ4n) is 3.06. The lowest BCUT2D eigenvalue weighted by Gasteiger charge is -2.35. The van der Waals surface area contributed by atoms with Gasteiger partial charge in [0.15, 0.2) is 0 Å². The standard InChI is InChI=1S/C22H20O3/c23-21(24)16-17-25-22(18-10-4-1-5-11-18,19-12-6-2-7-13-19)20-14-8-3-9-15-20/h1-15H,16-17H2,(H,23,24). The molecule has 0 spiro atoms. The van der Waals surface area contributed by atoms with Crippen LogP contribution in [0, 0.1) is 0 Å². The van der Waals surface area contributed by atoms with Crippen molar-refractivity contribution < 1.29 is 14.6 Å². The summed E-state index contributed by atoms with van der Waals surface area (Å²) in [6, 6.07) is 29.8. The largest absolute Gasteiger partial charge is 0.481 e. The second-order valence-electron chi connectivity index (χ2n) is 5.77. The monoisotopic (exact) mass is 332 g/mol. The number of carbonyl (C=O) groups is 1. The number of rotatable bonds is 7. The highest BCUT2D eigenvalue weighted by Crippen LogP contribution is 2.40. The summed E-state index contributed by atoms with van der Waals surface area (Å²) in [5.74, 6) is -0.872. The maximum Gasteiger partial charge on any atom is 0.305 e. The van der Waals surface area contributed by atoms with E-state index in [1.54, 1.807) is 0 Å². The number of benzene rings is 3. The maximum absolute atomic E-state index is 11.0. The van der Waals surface area contributed by atoms with E-state index in [1.165, 1.54) is 0 Å². The lowest BCUT2D eigenvalue weighted by Crippen LogP contribution is -2.33. The van der Waals surface area contributed by atoms with Crippen molar-refractivity contribution in [3.05, 3.63) is 108 Å². The first kappa shape index (κ1) is 16.9. The van der Waals surface area contributed by atoms with Crippen molar-refractivity contribution in [3.63, 3.8) is 0 Å². The van der Waals surface area contributed by atoms with Crippen LogP contribution in [-0.2, 0) is 15.1 Å². The van der Waals surface area contributed by atoms with E-state index < -0.39 is 11.6 Å². The highest BCUT2D eigenvalue weighted by Gasteiger charge is 2.37. The molecule has 0 radical (unpaired) electrons. The molecule has 0 aliphatic carbocycles. The normalized spacial score (nSPS) is 11.2. The molecule has 3 aromatic rings. The van der Waals surface area contributed by atoms with Gasteiger partial charge in [0.05, 0.1) is 13.0 Å². The van der Waals surface area contributed by atoms with Gasteiger partial charge in [0.1, 0.15) is 5.60 Å². The van der Waals surface area contributed by atoms with Crippen LogP contribution < -0.4 is 0 Å². The van der Waals surface area contributed by atoms with Crippen LogP contribution in [0.5, 0.6) is 0 Å². The van der Waals surface area contributed by atoms with Gasteiger partial charge in [0, 0.05) is 0 Å². The first-order valence-corrected chi connectivity index (χ1v) is 8.26. The number of hydrogen-bond donors (Lipinski definition) is 1. The second kappa shape index (κ2) is 7.77. The van der Waals surface area contributed by atoms with Crippen molar-refractivity contribution in [1.82, 2.24) is 0 Å². The average Bonchev–Trinajstić information content (AvgIpc) is 2.67. The zero-order chi connectivity index (χ0) is 17.5. The predicted molar refractivity (Wildman–Crippen MR) is 97.4 cm³/mol. The van der Waals surface area contributed by atoms with Crippen molar-refractivity contribution in [2.75, 3.05) is 6.61 Å². The van der Waals surface area contributed by atoms with E-state index in [1.807, 2.05) is 91.0 Å². The van der Waals surface area contributed by atoms with Crippen molar-refractivity contribution in [1.29, 1.82) is 0 Å². The number of carboxylic acid groups (broad SMARTS) is 1. The summed E-state index contributed by atoms with van der Waals surface area (Å²) in [7, 11) is 0. The molecule has 0 saturated heterocycles. The first-order valence-electron chi connectivity index (χ1n) is 8.26. The molecule has 3 rings (SSSR count). The van der Waals surface area contributed by atoms with Crippen LogP contribution in [0.4, 0.5) is 0 Å². The van der Waals surface area contributed by atoms with E-state index in [4.69, 9.17) is 9.84 Å².